The predicted molar refractivity (Wildman–Crippen MR) is 96.8 cm³/mol. The van der Waals surface area contributed by atoms with Gasteiger partial charge in [0.1, 0.15) is 5.75 Å². The summed E-state index contributed by atoms with van der Waals surface area (Å²) in [5, 5.41) is 8.53. The van der Waals surface area contributed by atoms with Crippen LogP contribution < -0.4 is 15.4 Å². The van der Waals surface area contributed by atoms with Crippen molar-refractivity contribution in [3.8, 4) is 5.75 Å². The lowest BCUT2D eigenvalue weighted by Gasteiger charge is -2.23. The fraction of sp³-hybridized carbons (Fsp3) is 0.389. The zero-order chi connectivity index (χ0) is 16.1. The third kappa shape index (κ3) is 4.84. The van der Waals surface area contributed by atoms with Crippen molar-refractivity contribution in [1.29, 1.82) is 0 Å². The van der Waals surface area contributed by atoms with E-state index in [1.807, 2.05) is 24.3 Å². The molecular weight excluding hydrogens is 328 g/mol. The first kappa shape index (κ1) is 18.5. The number of amides is 1. The average Bonchev–Trinajstić information content (AvgIpc) is 2.60. The van der Waals surface area contributed by atoms with Crippen LogP contribution in [0.15, 0.2) is 36.4 Å². The number of morpholine rings is 1. The average molecular weight is 351 g/mol. The van der Waals surface area contributed by atoms with Crippen LogP contribution >= 0.6 is 12.4 Å². The largest absolute Gasteiger partial charge is 0.497 e. The van der Waals surface area contributed by atoms with Crippen molar-refractivity contribution in [2.45, 2.75) is 19.0 Å². The molecule has 0 bridgehead atoms. The standard InChI is InChI=1S/C18H22N2O3.ClH/c1-22-17-5-4-14-8-13(2-3-15(14)9-17)11-20-18(21)10-16-12-23-7-6-19-16;/h2-5,8-9,16,19H,6-7,10-12H2,1H3,(H,20,21);1H. The Morgan fingerprint density at radius 1 is 1.29 bits per heavy atom. The molecule has 130 valence electrons. The van der Waals surface area contributed by atoms with Crippen LogP contribution in [-0.2, 0) is 16.1 Å². The normalized spacial score (nSPS) is 17.1. The summed E-state index contributed by atoms with van der Waals surface area (Å²) in [5.41, 5.74) is 1.09. The highest BCUT2D eigenvalue weighted by Crippen LogP contribution is 2.21. The molecule has 1 fully saturated rings. The second-order valence-electron chi connectivity index (χ2n) is 5.75. The maximum atomic E-state index is 12.0. The van der Waals surface area contributed by atoms with E-state index in [4.69, 9.17) is 9.47 Å². The van der Waals surface area contributed by atoms with E-state index in [0.717, 1.165) is 35.2 Å². The Bertz CT molecular complexity index is 687. The van der Waals surface area contributed by atoms with Gasteiger partial charge in [-0.2, -0.15) is 0 Å². The Kier molecular flexibility index (Phi) is 6.85. The lowest BCUT2D eigenvalue weighted by Crippen LogP contribution is -2.44. The van der Waals surface area contributed by atoms with E-state index in [1.54, 1.807) is 7.11 Å². The zero-order valence-electron chi connectivity index (χ0n) is 13.7. The summed E-state index contributed by atoms with van der Waals surface area (Å²) < 4.78 is 10.6. The lowest BCUT2D eigenvalue weighted by atomic mass is 10.1. The first-order valence-corrected chi connectivity index (χ1v) is 7.89. The van der Waals surface area contributed by atoms with Crippen LogP contribution in [0.25, 0.3) is 10.8 Å². The summed E-state index contributed by atoms with van der Waals surface area (Å²) in [6, 6.07) is 12.3. The fourth-order valence-electron chi connectivity index (χ4n) is 2.76. The minimum atomic E-state index is 0. The number of hydrogen-bond acceptors (Lipinski definition) is 4. The van der Waals surface area contributed by atoms with Crippen molar-refractivity contribution in [3.63, 3.8) is 0 Å². The molecule has 5 nitrogen and oxygen atoms in total. The monoisotopic (exact) mass is 350 g/mol. The predicted octanol–water partition coefficient (Wildman–Crippen LogP) is 2.26. The Balaban J connectivity index is 0.00000208. The Labute approximate surface area is 148 Å². The molecule has 1 atom stereocenters. The van der Waals surface area contributed by atoms with E-state index in [0.29, 0.717) is 19.6 Å². The van der Waals surface area contributed by atoms with Crippen LogP contribution in [0.4, 0.5) is 0 Å². The highest BCUT2D eigenvalue weighted by atomic mass is 35.5. The number of halogens is 1. The highest BCUT2D eigenvalue weighted by Gasteiger charge is 2.16. The quantitative estimate of drug-likeness (QED) is 0.868. The first-order valence-electron chi connectivity index (χ1n) is 7.89. The summed E-state index contributed by atoms with van der Waals surface area (Å²) in [5.74, 6) is 0.892. The molecule has 1 heterocycles. The topological polar surface area (TPSA) is 59.6 Å². The molecule has 1 aliphatic heterocycles. The molecule has 2 aromatic rings. The molecule has 2 N–H and O–H groups in total. The molecule has 3 rings (SSSR count). The molecule has 1 amide bonds. The third-order valence-corrected chi connectivity index (χ3v) is 4.03. The molecule has 0 radical (unpaired) electrons. The molecule has 0 aromatic heterocycles. The number of methoxy groups -OCH3 is 1. The Hall–Kier alpha value is -1.82. The maximum Gasteiger partial charge on any atom is 0.221 e. The summed E-state index contributed by atoms with van der Waals surface area (Å²) >= 11 is 0. The fourth-order valence-corrected chi connectivity index (χ4v) is 2.76. The molecule has 0 aliphatic carbocycles. The van der Waals surface area contributed by atoms with Gasteiger partial charge in [0.15, 0.2) is 0 Å². The molecule has 1 aliphatic rings. The van der Waals surface area contributed by atoms with Crippen LogP contribution in [0.5, 0.6) is 5.75 Å². The highest BCUT2D eigenvalue weighted by molar-refractivity contribution is 5.85. The van der Waals surface area contributed by atoms with Gasteiger partial charge in [0.2, 0.25) is 5.91 Å². The van der Waals surface area contributed by atoms with Crippen molar-refractivity contribution in [2.75, 3.05) is 26.9 Å². The van der Waals surface area contributed by atoms with Crippen molar-refractivity contribution >= 4 is 29.1 Å². The number of nitrogens with one attached hydrogen (secondary N) is 2. The van der Waals surface area contributed by atoms with Gasteiger partial charge < -0.3 is 20.1 Å². The zero-order valence-corrected chi connectivity index (χ0v) is 14.5. The van der Waals surface area contributed by atoms with Gasteiger partial charge in [-0.05, 0) is 34.5 Å². The van der Waals surface area contributed by atoms with E-state index in [9.17, 15) is 4.79 Å². The summed E-state index contributed by atoms with van der Waals surface area (Å²) in [6.07, 6.45) is 0.449. The molecule has 0 spiro atoms. The number of benzene rings is 2. The Morgan fingerprint density at radius 2 is 2.08 bits per heavy atom. The van der Waals surface area contributed by atoms with Gasteiger partial charge in [-0.3, -0.25) is 4.79 Å². The van der Waals surface area contributed by atoms with E-state index < -0.39 is 0 Å². The van der Waals surface area contributed by atoms with Crippen LogP contribution in [0.1, 0.15) is 12.0 Å². The van der Waals surface area contributed by atoms with Crippen LogP contribution in [0, 0.1) is 0 Å². The SMILES string of the molecule is COc1ccc2cc(CNC(=O)CC3COCCN3)ccc2c1.Cl. The minimum Gasteiger partial charge on any atom is -0.497 e. The summed E-state index contributed by atoms with van der Waals surface area (Å²) in [7, 11) is 1.66. The third-order valence-electron chi connectivity index (χ3n) is 4.03. The van der Waals surface area contributed by atoms with E-state index >= 15 is 0 Å². The van der Waals surface area contributed by atoms with Gasteiger partial charge in [0.25, 0.3) is 0 Å². The van der Waals surface area contributed by atoms with Gasteiger partial charge in [-0.25, -0.2) is 0 Å². The van der Waals surface area contributed by atoms with Crippen LogP contribution in [0.3, 0.4) is 0 Å². The molecule has 0 saturated carbocycles. The number of fused-ring (bicyclic) bond motifs is 1. The molecule has 6 heteroatoms. The summed E-state index contributed by atoms with van der Waals surface area (Å²) in [4.78, 5) is 12.0. The van der Waals surface area contributed by atoms with Crippen molar-refractivity contribution < 1.29 is 14.3 Å². The molecule has 1 unspecified atom stereocenters. The number of ether oxygens (including phenoxy) is 2. The van der Waals surface area contributed by atoms with Crippen molar-refractivity contribution in [2.24, 2.45) is 0 Å². The minimum absolute atomic E-state index is 0. The van der Waals surface area contributed by atoms with E-state index in [1.165, 1.54) is 0 Å². The number of carbonyl (C=O) groups excluding carboxylic acids is 1. The van der Waals surface area contributed by atoms with Gasteiger partial charge in [-0.1, -0.05) is 18.2 Å². The van der Waals surface area contributed by atoms with E-state index in [-0.39, 0.29) is 24.4 Å². The van der Waals surface area contributed by atoms with Crippen molar-refractivity contribution in [1.82, 2.24) is 10.6 Å². The first-order chi connectivity index (χ1) is 11.2. The van der Waals surface area contributed by atoms with Crippen LogP contribution in [-0.4, -0.2) is 38.8 Å². The van der Waals surface area contributed by atoms with Gasteiger partial charge in [0.05, 0.1) is 20.3 Å². The van der Waals surface area contributed by atoms with Crippen molar-refractivity contribution in [3.05, 3.63) is 42.0 Å². The second kappa shape index (κ2) is 8.87. The van der Waals surface area contributed by atoms with E-state index in [2.05, 4.69) is 22.8 Å². The Morgan fingerprint density at radius 3 is 2.83 bits per heavy atom. The van der Waals surface area contributed by atoms with Gasteiger partial charge in [-0.15, -0.1) is 12.4 Å². The number of rotatable bonds is 5. The van der Waals surface area contributed by atoms with Gasteiger partial charge in [0, 0.05) is 25.6 Å². The van der Waals surface area contributed by atoms with Crippen LogP contribution in [0.2, 0.25) is 0 Å². The lowest BCUT2D eigenvalue weighted by molar-refractivity contribution is -0.122. The summed E-state index contributed by atoms with van der Waals surface area (Å²) in [6.45, 7) is 2.67. The smallest absolute Gasteiger partial charge is 0.221 e. The van der Waals surface area contributed by atoms with Gasteiger partial charge >= 0.3 is 0 Å². The number of hydrogen-bond donors (Lipinski definition) is 2. The maximum absolute atomic E-state index is 12.0. The number of carbonyl (C=O) groups is 1. The molecule has 2 aromatic carbocycles. The molecule has 1 saturated heterocycles. The molecule has 24 heavy (non-hydrogen) atoms. The molecular formula is C18H23ClN2O3. The second-order valence-corrected chi connectivity index (χ2v) is 5.75.